The van der Waals surface area contributed by atoms with E-state index in [1.807, 2.05) is 72.3 Å². The molecule has 0 fully saturated rings. The van der Waals surface area contributed by atoms with E-state index in [9.17, 15) is 4.79 Å². The lowest BCUT2D eigenvalue weighted by molar-refractivity contribution is -0.659. The Morgan fingerprint density at radius 1 is 1.00 bits per heavy atom. The highest BCUT2D eigenvalue weighted by Crippen LogP contribution is 2.23. The Hall–Kier alpha value is -3.27. The zero-order valence-electron chi connectivity index (χ0n) is 14.6. The van der Waals surface area contributed by atoms with Crippen LogP contribution in [0.25, 0.3) is 33.1 Å². The molecule has 2 aromatic heterocycles. The molecule has 2 heterocycles. The first-order chi connectivity index (χ1) is 12.7. The van der Waals surface area contributed by atoms with Gasteiger partial charge in [0, 0.05) is 16.8 Å². The topological polar surface area (TPSA) is 43.1 Å². The molecule has 0 radical (unpaired) electrons. The van der Waals surface area contributed by atoms with Gasteiger partial charge in [-0.15, -0.1) is 0 Å². The minimum atomic E-state index is -0.244. The number of carbonyl (C=O) groups excluding carboxylic acids is 1. The van der Waals surface area contributed by atoms with E-state index in [-0.39, 0.29) is 12.5 Å². The second-order valence-electron chi connectivity index (χ2n) is 6.11. The average molecular weight is 343 g/mol. The Morgan fingerprint density at radius 2 is 1.77 bits per heavy atom. The van der Waals surface area contributed by atoms with Crippen LogP contribution in [0.3, 0.4) is 0 Å². The molecule has 4 rings (SSSR count). The number of esters is 1. The molecule has 0 saturated heterocycles. The summed E-state index contributed by atoms with van der Waals surface area (Å²) in [6.07, 6.45) is 1.97. The average Bonchev–Trinajstić information content (AvgIpc) is 2.67. The Labute approximate surface area is 151 Å². The number of benzene rings is 2. The van der Waals surface area contributed by atoms with Crippen LogP contribution in [-0.2, 0) is 16.1 Å². The third-order valence-electron chi connectivity index (χ3n) is 4.35. The van der Waals surface area contributed by atoms with Gasteiger partial charge in [-0.1, -0.05) is 36.4 Å². The van der Waals surface area contributed by atoms with Crippen molar-refractivity contribution in [3.8, 4) is 11.3 Å². The first-order valence-corrected chi connectivity index (χ1v) is 8.68. The summed E-state index contributed by atoms with van der Waals surface area (Å²) in [6, 6.07) is 22.3. The van der Waals surface area contributed by atoms with Crippen LogP contribution in [0.5, 0.6) is 0 Å². The van der Waals surface area contributed by atoms with E-state index < -0.39 is 0 Å². The monoisotopic (exact) mass is 343 g/mol. The number of hydrogen-bond acceptors (Lipinski definition) is 3. The number of pyridine rings is 2. The number of carbonyl (C=O) groups is 1. The first-order valence-electron chi connectivity index (χ1n) is 8.68. The molecule has 2 aromatic carbocycles. The Kier molecular flexibility index (Phi) is 4.32. The standard InChI is InChI=1S/C22H19N2O2/c1-2-26-22(25)15-24-14-18(13-17-8-4-6-10-21(17)24)20-12-11-16-7-3-5-9-19(16)23-20/h3-14H,2,15H2,1H3/q+1. The summed E-state index contributed by atoms with van der Waals surface area (Å²) in [5, 5.41) is 2.17. The largest absolute Gasteiger partial charge is 0.461 e. The van der Waals surface area contributed by atoms with Gasteiger partial charge in [-0.05, 0) is 31.2 Å². The summed E-state index contributed by atoms with van der Waals surface area (Å²) < 4.78 is 7.05. The molecule has 4 nitrogen and oxygen atoms in total. The zero-order valence-corrected chi connectivity index (χ0v) is 14.6. The van der Waals surface area contributed by atoms with Crippen LogP contribution in [0.2, 0.25) is 0 Å². The smallest absolute Gasteiger partial charge is 0.372 e. The maximum atomic E-state index is 12.0. The van der Waals surface area contributed by atoms with Crippen LogP contribution in [0, 0.1) is 0 Å². The number of nitrogens with zero attached hydrogens (tertiary/aromatic N) is 2. The highest BCUT2D eigenvalue weighted by Gasteiger charge is 2.17. The summed E-state index contributed by atoms with van der Waals surface area (Å²) in [4.78, 5) is 16.8. The van der Waals surface area contributed by atoms with Gasteiger partial charge in [-0.2, -0.15) is 4.57 Å². The lowest BCUT2D eigenvalue weighted by Crippen LogP contribution is -2.39. The van der Waals surface area contributed by atoms with Crippen LogP contribution in [0.4, 0.5) is 0 Å². The fourth-order valence-electron chi connectivity index (χ4n) is 3.16. The first kappa shape index (κ1) is 16.2. The van der Waals surface area contributed by atoms with E-state index in [0.717, 1.165) is 33.1 Å². The predicted octanol–water partition coefficient (Wildman–Crippen LogP) is 3.91. The van der Waals surface area contributed by atoms with Crippen molar-refractivity contribution in [1.82, 2.24) is 4.98 Å². The van der Waals surface area contributed by atoms with Crippen molar-refractivity contribution in [3.63, 3.8) is 0 Å². The Bertz CT molecular complexity index is 1110. The molecular weight excluding hydrogens is 324 g/mol. The van der Waals surface area contributed by atoms with Crippen molar-refractivity contribution in [2.75, 3.05) is 6.61 Å². The molecule has 0 aliphatic heterocycles. The molecule has 0 aliphatic rings. The predicted molar refractivity (Wildman–Crippen MR) is 102 cm³/mol. The van der Waals surface area contributed by atoms with Crippen molar-refractivity contribution in [3.05, 3.63) is 72.9 Å². The molecule has 0 N–H and O–H groups in total. The Balaban J connectivity index is 1.84. The van der Waals surface area contributed by atoms with Gasteiger partial charge in [0.1, 0.15) is 0 Å². The van der Waals surface area contributed by atoms with Crippen LogP contribution in [0.15, 0.2) is 72.9 Å². The molecular formula is C22H19N2O2+. The second kappa shape index (κ2) is 6.92. The molecule has 0 unspecified atom stereocenters. The fraction of sp³-hybridized carbons (Fsp3) is 0.136. The van der Waals surface area contributed by atoms with Gasteiger partial charge in [0.25, 0.3) is 0 Å². The molecule has 0 atom stereocenters. The molecule has 4 aromatic rings. The summed E-state index contributed by atoms with van der Waals surface area (Å²) in [5.41, 5.74) is 3.80. The molecule has 0 amide bonds. The minimum Gasteiger partial charge on any atom is -0.461 e. The zero-order chi connectivity index (χ0) is 17.9. The highest BCUT2D eigenvalue weighted by molar-refractivity contribution is 5.84. The van der Waals surface area contributed by atoms with Gasteiger partial charge in [-0.3, -0.25) is 0 Å². The third kappa shape index (κ3) is 3.14. The van der Waals surface area contributed by atoms with Crippen molar-refractivity contribution < 1.29 is 14.1 Å². The summed E-state index contributed by atoms with van der Waals surface area (Å²) in [7, 11) is 0. The normalized spacial score (nSPS) is 11.0. The number of aromatic nitrogens is 2. The van der Waals surface area contributed by atoms with Crippen LogP contribution in [-0.4, -0.2) is 17.6 Å². The van der Waals surface area contributed by atoms with E-state index in [0.29, 0.717) is 6.61 Å². The van der Waals surface area contributed by atoms with Crippen molar-refractivity contribution in [2.24, 2.45) is 0 Å². The number of para-hydroxylation sites is 2. The quantitative estimate of drug-likeness (QED) is 0.417. The molecule has 0 aliphatic carbocycles. The molecule has 128 valence electrons. The number of fused-ring (bicyclic) bond motifs is 2. The SMILES string of the molecule is CCOC(=O)C[n+]1cc(-c2ccc3ccccc3n2)cc2ccccc21. The van der Waals surface area contributed by atoms with Crippen LogP contribution in [0.1, 0.15) is 6.92 Å². The van der Waals surface area contributed by atoms with Crippen molar-refractivity contribution in [1.29, 1.82) is 0 Å². The molecule has 0 bridgehead atoms. The van der Waals surface area contributed by atoms with Crippen molar-refractivity contribution >= 4 is 27.8 Å². The fourth-order valence-corrected chi connectivity index (χ4v) is 3.16. The minimum absolute atomic E-state index is 0.176. The van der Waals surface area contributed by atoms with Crippen LogP contribution < -0.4 is 4.57 Å². The summed E-state index contributed by atoms with van der Waals surface area (Å²) in [5.74, 6) is -0.244. The number of rotatable bonds is 4. The highest BCUT2D eigenvalue weighted by atomic mass is 16.5. The summed E-state index contributed by atoms with van der Waals surface area (Å²) in [6.45, 7) is 2.37. The van der Waals surface area contributed by atoms with Gasteiger partial charge in [0.2, 0.25) is 12.1 Å². The second-order valence-corrected chi connectivity index (χ2v) is 6.11. The van der Waals surface area contributed by atoms with Crippen molar-refractivity contribution in [2.45, 2.75) is 13.5 Å². The third-order valence-corrected chi connectivity index (χ3v) is 4.35. The van der Waals surface area contributed by atoms with Gasteiger partial charge in [0.05, 0.1) is 23.4 Å². The molecule has 0 spiro atoms. The van der Waals surface area contributed by atoms with E-state index in [2.05, 4.69) is 12.1 Å². The Morgan fingerprint density at radius 3 is 2.62 bits per heavy atom. The maximum absolute atomic E-state index is 12.0. The molecule has 4 heteroatoms. The van der Waals surface area contributed by atoms with Crippen LogP contribution >= 0.6 is 0 Å². The lowest BCUT2D eigenvalue weighted by Gasteiger charge is -2.06. The van der Waals surface area contributed by atoms with E-state index in [1.165, 1.54) is 0 Å². The van der Waals surface area contributed by atoms with Gasteiger partial charge >= 0.3 is 5.97 Å². The van der Waals surface area contributed by atoms with E-state index in [4.69, 9.17) is 9.72 Å². The maximum Gasteiger partial charge on any atom is 0.372 e. The molecule has 26 heavy (non-hydrogen) atoms. The van der Waals surface area contributed by atoms with Gasteiger partial charge < -0.3 is 4.74 Å². The van der Waals surface area contributed by atoms with Gasteiger partial charge in [-0.25, -0.2) is 9.78 Å². The van der Waals surface area contributed by atoms with E-state index >= 15 is 0 Å². The number of hydrogen-bond donors (Lipinski definition) is 0. The number of ether oxygens (including phenoxy) is 1. The van der Waals surface area contributed by atoms with E-state index in [1.54, 1.807) is 0 Å². The summed E-state index contributed by atoms with van der Waals surface area (Å²) >= 11 is 0. The lowest BCUT2D eigenvalue weighted by atomic mass is 10.1. The van der Waals surface area contributed by atoms with Gasteiger partial charge in [0.15, 0.2) is 6.20 Å². The molecule has 0 saturated carbocycles.